The van der Waals surface area contributed by atoms with E-state index >= 15 is 0 Å². The molecule has 0 bridgehead atoms. The quantitative estimate of drug-likeness (QED) is 0.195. The Kier molecular flexibility index (Phi) is 9.17. The first-order valence-corrected chi connectivity index (χ1v) is 10.4. The Morgan fingerprint density at radius 1 is 1.17 bits per heavy atom. The molecule has 0 amide bonds. The van der Waals surface area contributed by atoms with E-state index in [1.54, 1.807) is 19.1 Å². The molecular weight excluding hydrogens is 446 g/mol. The molecule has 0 aliphatic carbocycles. The van der Waals surface area contributed by atoms with Crippen LogP contribution < -0.4 is 9.47 Å². The summed E-state index contributed by atoms with van der Waals surface area (Å²) in [5, 5.41) is 9.32. The molecule has 0 fully saturated rings. The molecule has 0 aromatic heterocycles. The van der Waals surface area contributed by atoms with Crippen molar-refractivity contribution in [2.24, 2.45) is 0 Å². The van der Waals surface area contributed by atoms with Crippen LogP contribution in [0.5, 0.6) is 11.5 Å². The van der Waals surface area contributed by atoms with Gasteiger partial charge < -0.3 is 14.2 Å². The van der Waals surface area contributed by atoms with E-state index in [0.717, 1.165) is 15.6 Å². The van der Waals surface area contributed by atoms with Gasteiger partial charge in [0.1, 0.15) is 18.2 Å². The lowest BCUT2D eigenvalue weighted by atomic mass is 10.0. The van der Waals surface area contributed by atoms with Gasteiger partial charge in [-0.05, 0) is 61.7 Å². The Morgan fingerprint density at radius 3 is 2.50 bits per heavy atom. The maximum absolute atomic E-state index is 12.0. The van der Waals surface area contributed by atoms with E-state index in [9.17, 15) is 10.1 Å². The van der Waals surface area contributed by atoms with Crippen LogP contribution in [0.15, 0.2) is 59.1 Å². The first kappa shape index (κ1) is 23.2. The van der Waals surface area contributed by atoms with Gasteiger partial charge in [-0.2, -0.15) is 5.26 Å². The lowest BCUT2D eigenvalue weighted by molar-refractivity contribution is -0.137. The molecule has 0 spiro atoms. The summed E-state index contributed by atoms with van der Waals surface area (Å²) in [6, 6.07) is 13.4. The average molecular weight is 470 g/mol. The maximum Gasteiger partial charge on any atom is 0.348 e. The number of halogens is 1. The van der Waals surface area contributed by atoms with Gasteiger partial charge in [-0.1, -0.05) is 34.1 Å². The summed E-state index contributed by atoms with van der Waals surface area (Å²) in [5.74, 6) is 0.506. The number of hydrogen-bond donors (Lipinski definition) is 0. The van der Waals surface area contributed by atoms with Crippen molar-refractivity contribution in [1.82, 2.24) is 0 Å². The van der Waals surface area contributed by atoms with Crippen LogP contribution in [0.4, 0.5) is 0 Å². The first-order valence-electron chi connectivity index (χ1n) is 9.59. The minimum absolute atomic E-state index is 0.0765. The van der Waals surface area contributed by atoms with Crippen molar-refractivity contribution >= 4 is 28.0 Å². The Balaban J connectivity index is 2.43. The zero-order chi connectivity index (χ0) is 21.9. The Morgan fingerprint density at radius 2 is 1.90 bits per heavy atom. The van der Waals surface area contributed by atoms with Crippen molar-refractivity contribution in [2.45, 2.75) is 26.9 Å². The van der Waals surface area contributed by atoms with Gasteiger partial charge in [0.05, 0.1) is 13.2 Å². The fourth-order valence-electron chi connectivity index (χ4n) is 2.75. The van der Waals surface area contributed by atoms with Crippen LogP contribution in [-0.2, 0) is 22.6 Å². The predicted octanol–water partition coefficient (Wildman–Crippen LogP) is 5.63. The van der Waals surface area contributed by atoms with Gasteiger partial charge >= 0.3 is 5.97 Å². The van der Waals surface area contributed by atoms with Crippen LogP contribution in [0.3, 0.4) is 0 Å². The van der Waals surface area contributed by atoms with E-state index in [-0.39, 0.29) is 12.2 Å². The van der Waals surface area contributed by atoms with Crippen LogP contribution in [-0.4, -0.2) is 19.2 Å². The number of carbonyl (C=O) groups excluding carboxylic acids is 1. The largest absolute Gasteiger partial charge is 0.490 e. The third kappa shape index (κ3) is 6.50. The van der Waals surface area contributed by atoms with Gasteiger partial charge in [0.25, 0.3) is 0 Å². The Bertz CT molecular complexity index is 958. The van der Waals surface area contributed by atoms with E-state index in [0.29, 0.717) is 36.7 Å². The Labute approximate surface area is 185 Å². The summed E-state index contributed by atoms with van der Waals surface area (Å²) >= 11 is 3.43. The monoisotopic (exact) mass is 469 g/mol. The minimum Gasteiger partial charge on any atom is -0.490 e. The van der Waals surface area contributed by atoms with Gasteiger partial charge in [0.15, 0.2) is 11.5 Å². The highest BCUT2D eigenvalue weighted by molar-refractivity contribution is 9.10. The number of ether oxygens (including phenoxy) is 3. The van der Waals surface area contributed by atoms with Crippen molar-refractivity contribution in [3.63, 3.8) is 0 Å². The molecule has 0 N–H and O–H groups in total. The molecule has 5 nitrogen and oxygen atoms in total. The molecule has 2 aromatic carbocycles. The molecule has 6 heteroatoms. The maximum atomic E-state index is 12.0. The molecule has 0 aliphatic heterocycles. The molecule has 0 atom stereocenters. The van der Waals surface area contributed by atoms with E-state index in [2.05, 4.69) is 22.5 Å². The van der Waals surface area contributed by atoms with Crippen LogP contribution in [0, 0.1) is 11.3 Å². The predicted molar refractivity (Wildman–Crippen MR) is 120 cm³/mol. The lowest BCUT2D eigenvalue weighted by Crippen LogP contribution is -2.06. The number of nitrogens with zero attached hydrogens (tertiary/aromatic N) is 1. The minimum atomic E-state index is -0.654. The van der Waals surface area contributed by atoms with Crippen molar-refractivity contribution in [3.05, 3.63) is 75.8 Å². The fraction of sp³-hybridized carbons (Fsp3) is 0.250. The highest BCUT2D eigenvalue weighted by atomic mass is 79.9. The van der Waals surface area contributed by atoms with Crippen LogP contribution in [0.25, 0.3) is 6.08 Å². The molecule has 30 heavy (non-hydrogen) atoms. The molecule has 2 rings (SSSR count). The van der Waals surface area contributed by atoms with Gasteiger partial charge in [-0.25, -0.2) is 4.79 Å². The van der Waals surface area contributed by atoms with Gasteiger partial charge in [0, 0.05) is 10.0 Å². The standard InChI is InChI=1S/C24H24BrNO4/c1-4-7-19-12-18(13-20(15-26)24(27)29-6-3)14-22(28-5-2)23(19)30-16-17-8-10-21(25)11-9-17/h4,8-14H,1,5-7,16H2,2-3H3. The fourth-order valence-corrected chi connectivity index (χ4v) is 3.01. The van der Waals surface area contributed by atoms with Crippen molar-refractivity contribution in [2.75, 3.05) is 13.2 Å². The summed E-state index contributed by atoms with van der Waals surface area (Å²) < 4.78 is 17.8. The average Bonchev–Trinajstić information content (AvgIpc) is 2.73. The summed E-state index contributed by atoms with van der Waals surface area (Å²) in [4.78, 5) is 12.0. The second-order valence-corrected chi connectivity index (χ2v) is 7.15. The van der Waals surface area contributed by atoms with Crippen molar-refractivity contribution in [1.29, 1.82) is 5.26 Å². The number of carbonyl (C=O) groups is 1. The number of esters is 1. The number of allylic oxidation sites excluding steroid dienone is 1. The number of nitriles is 1. The zero-order valence-corrected chi connectivity index (χ0v) is 18.7. The smallest absolute Gasteiger partial charge is 0.348 e. The number of rotatable bonds is 10. The zero-order valence-electron chi connectivity index (χ0n) is 17.1. The van der Waals surface area contributed by atoms with Crippen molar-refractivity contribution in [3.8, 4) is 17.6 Å². The topological polar surface area (TPSA) is 68.6 Å². The first-order chi connectivity index (χ1) is 14.5. The van der Waals surface area contributed by atoms with Crippen LogP contribution >= 0.6 is 15.9 Å². The SMILES string of the molecule is C=CCc1cc(C=C(C#N)C(=O)OCC)cc(OCC)c1OCc1ccc(Br)cc1. The molecule has 0 radical (unpaired) electrons. The number of benzene rings is 2. The molecule has 0 unspecified atom stereocenters. The highest BCUT2D eigenvalue weighted by Gasteiger charge is 2.15. The third-order valence-electron chi connectivity index (χ3n) is 4.04. The van der Waals surface area contributed by atoms with E-state index < -0.39 is 5.97 Å². The van der Waals surface area contributed by atoms with E-state index in [1.807, 2.05) is 43.3 Å². The summed E-state index contributed by atoms with van der Waals surface area (Å²) in [6.07, 6.45) is 3.80. The normalized spacial score (nSPS) is 10.8. The molecular formula is C24H24BrNO4. The molecule has 2 aromatic rings. The molecule has 0 saturated heterocycles. The van der Waals surface area contributed by atoms with Gasteiger partial charge in [-0.3, -0.25) is 0 Å². The van der Waals surface area contributed by atoms with Gasteiger partial charge in [-0.15, -0.1) is 6.58 Å². The van der Waals surface area contributed by atoms with Crippen molar-refractivity contribution < 1.29 is 19.0 Å². The summed E-state index contributed by atoms with van der Waals surface area (Å²) in [7, 11) is 0. The van der Waals surface area contributed by atoms with Crippen LogP contribution in [0.2, 0.25) is 0 Å². The highest BCUT2D eigenvalue weighted by Crippen LogP contribution is 2.35. The lowest BCUT2D eigenvalue weighted by Gasteiger charge is -2.17. The second-order valence-electron chi connectivity index (χ2n) is 6.24. The Hall–Kier alpha value is -3.04. The second kappa shape index (κ2) is 11.8. The summed E-state index contributed by atoms with van der Waals surface area (Å²) in [5.41, 5.74) is 2.44. The third-order valence-corrected chi connectivity index (χ3v) is 4.57. The van der Waals surface area contributed by atoms with E-state index in [4.69, 9.17) is 14.2 Å². The van der Waals surface area contributed by atoms with E-state index in [1.165, 1.54) is 6.08 Å². The molecule has 0 saturated carbocycles. The molecule has 0 heterocycles. The number of hydrogen-bond acceptors (Lipinski definition) is 5. The summed E-state index contributed by atoms with van der Waals surface area (Å²) in [6.45, 7) is 8.41. The molecule has 156 valence electrons. The van der Waals surface area contributed by atoms with Crippen LogP contribution in [0.1, 0.15) is 30.5 Å². The van der Waals surface area contributed by atoms with Gasteiger partial charge in [0.2, 0.25) is 0 Å². The molecule has 0 aliphatic rings.